The molecular formula is C16H24N2O3. The van der Waals surface area contributed by atoms with Gasteiger partial charge in [-0.05, 0) is 32.6 Å². The molecule has 5 nitrogen and oxygen atoms in total. The summed E-state index contributed by atoms with van der Waals surface area (Å²) in [6.45, 7) is 5.75. The number of hydrogen-bond donors (Lipinski definition) is 1. The predicted octanol–water partition coefficient (Wildman–Crippen LogP) is 2.63. The van der Waals surface area contributed by atoms with Crippen LogP contribution in [0.2, 0.25) is 0 Å². The quantitative estimate of drug-likeness (QED) is 0.869. The van der Waals surface area contributed by atoms with E-state index in [0.717, 1.165) is 25.0 Å². The van der Waals surface area contributed by atoms with Gasteiger partial charge in [-0.1, -0.05) is 26.2 Å². The molecule has 5 heteroatoms. The molecule has 1 aromatic heterocycles. The number of carboxylic acid groups (broad SMARTS) is 1. The average molecular weight is 292 g/mol. The maximum Gasteiger partial charge on any atom is 0.348 e. The summed E-state index contributed by atoms with van der Waals surface area (Å²) >= 11 is 0. The van der Waals surface area contributed by atoms with E-state index in [2.05, 4.69) is 11.9 Å². The van der Waals surface area contributed by atoms with E-state index >= 15 is 0 Å². The molecule has 0 radical (unpaired) electrons. The third-order valence-corrected chi connectivity index (χ3v) is 4.68. The van der Waals surface area contributed by atoms with Crippen molar-refractivity contribution in [2.45, 2.75) is 65.3 Å². The van der Waals surface area contributed by atoms with Crippen molar-refractivity contribution in [1.29, 1.82) is 0 Å². The average Bonchev–Trinajstić information content (AvgIpc) is 2.60. The SMILES string of the molecule is Cc1nc(=O)n(C2CCCCCC2C)c(C)c1CC(=O)O. The first-order chi connectivity index (χ1) is 9.91. The largest absolute Gasteiger partial charge is 0.481 e. The Balaban J connectivity index is 2.51. The molecule has 0 aliphatic heterocycles. The van der Waals surface area contributed by atoms with Crippen LogP contribution in [0.4, 0.5) is 0 Å². The highest BCUT2D eigenvalue weighted by atomic mass is 16.4. The maximum absolute atomic E-state index is 12.4. The molecule has 1 heterocycles. The van der Waals surface area contributed by atoms with Crippen LogP contribution < -0.4 is 5.69 Å². The molecule has 2 atom stereocenters. The van der Waals surface area contributed by atoms with Gasteiger partial charge in [0.1, 0.15) is 0 Å². The second-order valence-electron chi connectivity index (χ2n) is 6.17. The van der Waals surface area contributed by atoms with Crippen molar-refractivity contribution in [1.82, 2.24) is 9.55 Å². The zero-order valence-corrected chi connectivity index (χ0v) is 13.1. The summed E-state index contributed by atoms with van der Waals surface area (Å²) in [6.07, 6.45) is 5.52. The summed E-state index contributed by atoms with van der Waals surface area (Å²) in [6, 6.07) is 0.139. The molecule has 0 spiro atoms. The van der Waals surface area contributed by atoms with E-state index in [0.29, 0.717) is 17.2 Å². The fourth-order valence-electron chi connectivity index (χ4n) is 3.47. The van der Waals surface area contributed by atoms with Crippen molar-refractivity contribution >= 4 is 5.97 Å². The molecule has 0 bridgehead atoms. The Morgan fingerprint density at radius 3 is 2.62 bits per heavy atom. The highest BCUT2D eigenvalue weighted by Gasteiger charge is 2.25. The van der Waals surface area contributed by atoms with Crippen LogP contribution in [0.25, 0.3) is 0 Å². The van der Waals surface area contributed by atoms with Gasteiger partial charge in [-0.25, -0.2) is 4.79 Å². The maximum atomic E-state index is 12.4. The molecule has 21 heavy (non-hydrogen) atoms. The van der Waals surface area contributed by atoms with Crippen LogP contribution in [-0.2, 0) is 11.2 Å². The van der Waals surface area contributed by atoms with E-state index in [1.807, 2.05) is 6.92 Å². The van der Waals surface area contributed by atoms with Crippen LogP contribution in [0, 0.1) is 19.8 Å². The van der Waals surface area contributed by atoms with Crippen LogP contribution >= 0.6 is 0 Å². The molecule has 0 aromatic carbocycles. The van der Waals surface area contributed by atoms with Crippen LogP contribution in [0.3, 0.4) is 0 Å². The number of nitrogens with zero attached hydrogens (tertiary/aromatic N) is 2. The monoisotopic (exact) mass is 292 g/mol. The number of carboxylic acids is 1. The molecule has 1 fully saturated rings. The molecule has 1 N–H and O–H groups in total. The first kappa shape index (κ1) is 15.7. The second-order valence-corrected chi connectivity index (χ2v) is 6.17. The van der Waals surface area contributed by atoms with E-state index in [-0.39, 0.29) is 18.2 Å². The smallest absolute Gasteiger partial charge is 0.348 e. The van der Waals surface area contributed by atoms with Crippen LogP contribution in [0.5, 0.6) is 0 Å². The Kier molecular flexibility index (Phi) is 4.80. The topological polar surface area (TPSA) is 72.2 Å². The van der Waals surface area contributed by atoms with Gasteiger partial charge >= 0.3 is 11.7 Å². The zero-order chi connectivity index (χ0) is 15.6. The lowest BCUT2D eigenvalue weighted by Crippen LogP contribution is -2.34. The van der Waals surface area contributed by atoms with Crippen molar-refractivity contribution < 1.29 is 9.90 Å². The minimum atomic E-state index is -0.887. The Bertz CT molecular complexity index is 592. The normalized spacial score (nSPS) is 22.8. The molecule has 116 valence electrons. The van der Waals surface area contributed by atoms with Gasteiger partial charge in [0.2, 0.25) is 0 Å². The van der Waals surface area contributed by atoms with Gasteiger partial charge in [-0.15, -0.1) is 0 Å². The lowest BCUT2D eigenvalue weighted by atomic mass is 9.95. The van der Waals surface area contributed by atoms with Crippen molar-refractivity contribution in [2.75, 3.05) is 0 Å². The van der Waals surface area contributed by atoms with Gasteiger partial charge in [0.15, 0.2) is 0 Å². The Hall–Kier alpha value is -1.65. The highest BCUT2D eigenvalue weighted by molar-refractivity contribution is 5.70. The predicted molar refractivity (Wildman–Crippen MR) is 80.6 cm³/mol. The van der Waals surface area contributed by atoms with Gasteiger partial charge in [-0.2, -0.15) is 4.98 Å². The summed E-state index contributed by atoms with van der Waals surface area (Å²) < 4.78 is 1.75. The highest BCUT2D eigenvalue weighted by Crippen LogP contribution is 2.32. The molecule has 0 amide bonds. The minimum absolute atomic E-state index is 0.0773. The standard InChI is InChI=1S/C16H24N2O3/c1-10-7-5-4-6-8-14(10)18-12(3)13(9-15(19)20)11(2)17-16(18)21/h10,14H,4-9H2,1-3H3,(H,19,20). The van der Waals surface area contributed by atoms with E-state index in [1.165, 1.54) is 12.8 Å². The van der Waals surface area contributed by atoms with Gasteiger partial charge in [0.25, 0.3) is 0 Å². The van der Waals surface area contributed by atoms with Crippen molar-refractivity contribution in [3.05, 3.63) is 27.4 Å². The fourth-order valence-corrected chi connectivity index (χ4v) is 3.47. The summed E-state index contributed by atoms with van der Waals surface area (Å²) in [5, 5.41) is 9.07. The molecule has 1 aliphatic rings. The summed E-state index contributed by atoms with van der Waals surface area (Å²) in [7, 11) is 0. The summed E-state index contributed by atoms with van der Waals surface area (Å²) in [5.74, 6) is -0.465. The van der Waals surface area contributed by atoms with E-state index in [9.17, 15) is 9.59 Å². The number of rotatable bonds is 3. The summed E-state index contributed by atoms with van der Waals surface area (Å²) in [4.78, 5) is 27.5. The number of aliphatic carboxylic acids is 1. The van der Waals surface area contributed by atoms with Crippen molar-refractivity contribution in [2.24, 2.45) is 5.92 Å². The van der Waals surface area contributed by atoms with Crippen molar-refractivity contribution in [3.63, 3.8) is 0 Å². The molecule has 2 unspecified atom stereocenters. The van der Waals surface area contributed by atoms with Crippen LogP contribution in [0.1, 0.15) is 62.0 Å². The summed E-state index contributed by atoms with van der Waals surface area (Å²) in [5.41, 5.74) is 1.75. The molecular weight excluding hydrogens is 268 g/mol. The molecule has 1 saturated carbocycles. The first-order valence-corrected chi connectivity index (χ1v) is 7.72. The van der Waals surface area contributed by atoms with Crippen LogP contribution in [0.15, 0.2) is 4.79 Å². The lowest BCUT2D eigenvalue weighted by molar-refractivity contribution is -0.136. The zero-order valence-electron chi connectivity index (χ0n) is 13.1. The van der Waals surface area contributed by atoms with E-state index in [1.54, 1.807) is 11.5 Å². The number of aromatic nitrogens is 2. The lowest BCUT2D eigenvalue weighted by Gasteiger charge is -2.27. The third-order valence-electron chi connectivity index (χ3n) is 4.68. The Labute approximate surface area is 125 Å². The van der Waals surface area contributed by atoms with E-state index < -0.39 is 5.97 Å². The molecule has 1 aromatic rings. The Morgan fingerprint density at radius 2 is 1.95 bits per heavy atom. The third kappa shape index (κ3) is 3.34. The second kappa shape index (κ2) is 6.41. The number of hydrogen-bond acceptors (Lipinski definition) is 3. The van der Waals surface area contributed by atoms with Crippen molar-refractivity contribution in [3.8, 4) is 0 Å². The number of aryl methyl sites for hydroxylation is 1. The Morgan fingerprint density at radius 1 is 1.29 bits per heavy atom. The number of carbonyl (C=O) groups is 1. The fraction of sp³-hybridized carbons (Fsp3) is 0.688. The minimum Gasteiger partial charge on any atom is -0.481 e. The van der Waals surface area contributed by atoms with Gasteiger partial charge in [-0.3, -0.25) is 9.36 Å². The first-order valence-electron chi connectivity index (χ1n) is 7.72. The van der Waals surface area contributed by atoms with Gasteiger partial charge in [0, 0.05) is 23.0 Å². The van der Waals surface area contributed by atoms with Crippen LogP contribution in [-0.4, -0.2) is 20.6 Å². The van der Waals surface area contributed by atoms with E-state index in [4.69, 9.17) is 5.11 Å². The van der Waals surface area contributed by atoms with Gasteiger partial charge < -0.3 is 5.11 Å². The molecule has 1 aliphatic carbocycles. The van der Waals surface area contributed by atoms with Gasteiger partial charge in [0.05, 0.1) is 6.42 Å². The molecule has 2 rings (SSSR count). The molecule has 0 saturated heterocycles.